The van der Waals surface area contributed by atoms with E-state index in [4.69, 9.17) is 11.6 Å². The number of carbonyl (C=O) groups excluding carboxylic acids is 2. The predicted octanol–water partition coefficient (Wildman–Crippen LogP) is 5.72. The monoisotopic (exact) mass is 506 g/mol. The van der Waals surface area contributed by atoms with Gasteiger partial charge in [0.1, 0.15) is 11.6 Å². The molecule has 1 saturated carbocycles. The minimum absolute atomic E-state index is 0.00794. The molecular weight excluding hydrogens is 483 g/mol. The highest BCUT2D eigenvalue weighted by Crippen LogP contribution is 2.46. The number of oxime groups is 1. The van der Waals surface area contributed by atoms with E-state index in [0.717, 1.165) is 48.7 Å². The molecule has 36 heavy (non-hydrogen) atoms. The maximum atomic E-state index is 13.6. The van der Waals surface area contributed by atoms with Crippen molar-refractivity contribution in [2.24, 2.45) is 10.6 Å². The van der Waals surface area contributed by atoms with E-state index in [0.29, 0.717) is 18.5 Å². The van der Waals surface area contributed by atoms with Crippen LogP contribution in [0, 0.1) is 11.2 Å². The molecule has 1 atom stereocenters. The Kier molecular flexibility index (Phi) is 6.45. The minimum Gasteiger partial charge on any atom is -0.411 e. The first-order valence-electron chi connectivity index (χ1n) is 11.7. The minimum atomic E-state index is -0.601. The molecule has 2 N–H and O–H groups in total. The van der Waals surface area contributed by atoms with Crippen LogP contribution in [0.5, 0.6) is 0 Å². The van der Waals surface area contributed by atoms with Crippen LogP contribution in [0.4, 0.5) is 15.9 Å². The van der Waals surface area contributed by atoms with E-state index in [1.54, 1.807) is 11.0 Å². The number of carbonyl (C=O) groups is 2. The molecule has 0 saturated heterocycles. The van der Waals surface area contributed by atoms with Gasteiger partial charge in [0, 0.05) is 23.8 Å². The molecule has 3 aromatic rings. The molecule has 0 bridgehead atoms. The number of rotatable bonds is 3. The first-order chi connectivity index (χ1) is 17.4. The van der Waals surface area contributed by atoms with Crippen LogP contribution in [-0.4, -0.2) is 34.3 Å². The number of aromatic nitrogens is 1. The number of amides is 2. The molecule has 1 aliphatic carbocycles. The lowest BCUT2D eigenvalue weighted by molar-refractivity contribution is 0.0984. The molecule has 1 fully saturated rings. The van der Waals surface area contributed by atoms with Crippen molar-refractivity contribution in [1.82, 2.24) is 4.98 Å². The van der Waals surface area contributed by atoms with Crippen molar-refractivity contribution < 1.29 is 19.2 Å². The van der Waals surface area contributed by atoms with E-state index in [1.807, 2.05) is 24.3 Å². The van der Waals surface area contributed by atoms with Crippen LogP contribution in [0.1, 0.15) is 52.0 Å². The Labute approximate surface area is 212 Å². The first-order valence-corrected chi connectivity index (χ1v) is 12.1. The first kappa shape index (κ1) is 23.9. The maximum absolute atomic E-state index is 13.6. The molecule has 1 unspecified atom stereocenters. The third kappa shape index (κ3) is 4.44. The van der Waals surface area contributed by atoms with Crippen molar-refractivity contribution in [3.63, 3.8) is 0 Å². The number of benzene rings is 2. The third-order valence-electron chi connectivity index (χ3n) is 7.10. The van der Waals surface area contributed by atoms with Crippen molar-refractivity contribution in [2.75, 3.05) is 16.8 Å². The van der Waals surface area contributed by atoms with Crippen molar-refractivity contribution in [1.29, 1.82) is 0 Å². The average molecular weight is 507 g/mol. The molecule has 2 aliphatic rings. The summed E-state index contributed by atoms with van der Waals surface area (Å²) in [6.07, 6.45) is 5.48. The number of halogens is 2. The topological polar surface area (TPSA) is 94.9 Å². The highest BCUT2D eigenvalue weighted by atomic mass is 35.5. The Balaban J connectivity index is 1.37. The highest BCUT2D eigenvalue weighted by Gasteiger charge is 2.43. The number of hydrogen-bond acceptors (Lipinski definition) is 5. The smallest absolute Gasteiger partial charge is 0.259 e. The summed E-state index contributed by atoms with van der Waals surface area (Å²) < 4.78 is 13.5. The largest absolute Gasteiger partial charge is 0.411 e. The number of nitrogens with one attached hydrogen (secondary N) is 1. The number of pyridine rings is 1. The van der Waals surface area contributed by atoms with Crippen molar-refractivity contribution in [3.8, 4) is 0 Å². The van der Waals surface area contributed by atoms with Crippen molar-refractivity contribution in [2.45, 2.75) is 32.1 Å². The number of fused-ring (bicyclic) bond motifs is 1. The van der Waals surface area contributed by atoms with Gasteiger partial charge in [0.15, 0.2) is 0 Å². The van der Waals surface area contributed by atoms with E-state index >= 15 is 0 Å². The van der Waals surface area contributed by atoms with E-state index < -0.39 is 11.7 Å². The molecule has 0 radical (unpaired) electrons. The van der Waals surface area contributed by atoms with Gasteiger partial charge < -0.3 is 15.4 Å². The van der Waals surface area contributed by atoms with E-state index in [1.165, 1.54) is 24.4 Å². The van der Waals surface area contributed by atoms with Gasteiger partial charge in [-0.3, -0.25) is 9.59 Å². The van der Waals surface area contributed by atoms with Gasteiger partial charge in [-0.2, -0.15) is 0 Å². The second-order valence-corrected chi connectivity index (χ2v) is 9.61. The van der Waals surface area contributed by atoms with Crippen LogP contribution < -0.4 is 10.2 Å². The van der Waals surface area contributed by atoms with Crippen LogP contribution >= 0.6 is 11.6 Å². The molecule has 184 valence electrons. The molecule has 2 heterocycles. The molecule has 2 amide bonds. The Hall–Kier alpha value is -3.78. The van der Waals surface area contributed by atoms with Crippen LogP contribution in [0.2, 0.25) is 5.02 Å². The lowest BCUT2D eigenvalue weighted by Gasteiger charge is -2.28. The maximum Gasteiger partial charge on any atom is 0.259 e. The Morgan fingerprint density at radius 1 is 1.14 bits per heavy atom. The zero-order chi connectivity index (χ0) is 25.3. The van der Waals surface area contributed by atoms with Gasteiger partial charge in [0.2, 0.25) is 0 Å². The second-order valence-electron chi connectivity index (χ2n) is 9.20. The molecular formula is C27H24ClFN4O3. The zero-order valence-corrected chi connectivity index (χ0v) is 20.1. The van der Waals surface area contributed by atoms with Crippen LogP contribution in [-0.2, 0) is 6.42 Å². The zero-order valence-electron chi connectivity index (χ0n) is 19.4. The van der Waals surface area contributed by atoms with Gasteiger partial charge in [-0.1, -0.05) is 35.0 Å². The summed E-state index contributed by atoms with van der Waals surface area (Å²) in [5.74, 6) is -1.18. The van der Waals surface area contributed by atoms with Gasteiger partial charge in [-0.15, -0.1) is 0 Å². The van der Waals surface area contributed by atoms with E-state index in [-0.39, 0.29) is 27.7 Å². The van der Waals surface area contributed by atoms with Crippen LogP contribution in [0.3, 0.4) is 0 Å². The second kappa shape index (κ2) is 9.70. The summed E-state index contributed by atoms with van der Waals surface area (Å²) in [4.78, 5) is 32.0. The SMILES string of the molecule is O=C(Nc1ccc(C(=O)N2CCC3(CCCC3=NO)Cc3ccccc32)cn1)c1cc(F)ccc1Cl. The molecule has 7 nitrogen and oxygen atoms in total. The summed E-state index contributed by atoms with van der Waals surface area (Å²) >= 11 is 6.01. The fraction of sp³-hybridized carbons (Fsp3) is 0.259. The number of hydrogen-bond donors (Lipinski definition) is 2. The number of nitrogens with zero attached hydrogens (tertiary/aromatic N) is 3. The third-order valence-corrected chi connectivity index (χ3v) is 7.43. The molecule has 1 spiro atoms. The Bertz CT molecular complexity index is 1360. The standard InChI is InChI=1S/C27H24ClFN4O3/c28-21-9-8-19(29)14-20(21)25(34)31-24-10-7-18(16-30-24)26(35)33-13-12-27(11-3-6-23(27)32-36)15-17-4-1-2-5-22(17)33/h1-2,4-5,7-10,14,16,36H,3,6,11-13,15H2,(H,30,31,34). The van der Waals surface area contributed by atoms with E-state index in [2.05, 4.69) is 15.5 Å². The van der Waals surface area contributed by atoms with Gasteiger partial charge in [-0.05, 0) is 74.1 Å². The molecule has 2 aromatic carbocycles. The van der Waals surface area contributed by atoms with Crippen molar-refractivity contribution in [3.05, 3.63) is 88.3 Å². The summed E-state index contributed by atoms with van der Waals surface area (Å²) in [6, 6.07) is 14.5. The molecule has 1 aromatic heterocycles. The highest BCUT2D eigenvalue weighted by molar-refractivity contribution is 6.34. The Morgan fingerprint density at radius 3 is 2.75 bits per heavy atom. The van der Waals surface area contributed by atoms with Crippen LogP contribution in [0.25, 0.3) is 0 Å². The molecule has 1 aliphatic heterocycles. The molecule has 9 heteroatoms. The lowest BCUT2D eigenvalue weighted by atomic mass is 9.76. The van der Waals surface area contributed by atoms with Gasteiger partial charge >= 0.3 is 0 Å². The number of anilines is 2. The Morgan fingerprint density at radius 2 is 1.97 bits per heavy atom. The lowest BCUT2D eigenvalue weighted by Crippen LogP contribution is -2.35. The normalized spacial score (nSPS) is 20.3. The number of para-hydroxylation sites is 1. The average Bonchev–Trinajstić information content (AvgIpc) is 3.20. The fourth-order valence-corrected chi connectivity index (χ4v) is 5.46. The predicted molar refractivity (Wildman–Crippen MR) is 136 cm³/mol. The summed E-state index contributed by atoms with van der Waals surface area (Å²) in [7, 11) is 0. The molecule has 5 rings (SSSR count). The van der Waals surface area contributed by atoms with E-state index in [9.17, 15) is 19.2 Å². The van der Waals surface area contributed by atoms with Crippen LogP contribution in [0.15, 0.2) is 65.9 Å². The van der Waals surface area contributed by atoms with Crippen molar-refractivity contribution >= 4 is 40.6 Å². The fourth-order valence-electron chi connectivity index (χ4n) is 5.26. The van der Waals surface area contributed by atoms with Gasteiger partial charge in [-0.25, -0.2) is 9.37 Å². The van der Waals surface area contributed by atoms with Gasteiger partial charge in [0.25, 0.3) is 11.8 Å². The summed E-state index contributed by atoms with van der Waals surface area (Å²) in [5.41, 5.74) is 2.80. The summed E-state index contributed by atoms with van der Waals surface area (Å²) in [5, 5.41) is 15.9. The summed E-state index contributed by atoms with van der Waals surface area (Å²) in [6.45, 7) is 0.478. The van der Waals surface area contributed by atoms with Gasteiger partial charge in [0.05, 0.1) is 21.9 Å². The quantitative estimate of drug-likeness (QED) is 0.351.